The normalized spacial score (nSPS) is 22.2. The van der Waals surface area contributed by atoms with E-state index >= 15 is 0 Å². The summed E-state index contributed by atoms with van der Waals surface area (Å²) in [5, 5.41) is 2.89. The molecule has 76 valence electrons. The van der Waals surface area contributed by atoms with E-state index in [0.717, 1.165) is 0 Å². The maximum atomic E-state index is 10.8. The second-order valence-corrected chi connectivity index (χ2v) is 5.04. The molecule has 1 heterocycles. The molecular weight excluding hydrogens is 192 g/mol. The summed E-state index contributed by atoms with van der Waals surface area (Å²) in [7, 11) is -2.79. The lowest BCUT2D eigenvalue weighted by Gasteiger charge is -2.27. The Kier molecular flexibility index (Phi) is 3.10. The van der Waals surface area contributed by atoms with Gasteiger partial charge in [-0.15, -0.1) is 0 Å². The van der Waals surface area contributed by atoms with Crippen molar-refractivity contribution in [1.82, 2.24) is 10.7 Å². The van der Waals surface area contributed by atoms with Crippen LogP contribution in [0, 0.1) is 0 Å². The number of nitrogens with one attached hydrogen (secondary N) is 2. The van der Waals surface area contributed by atoms with Gasteiger partial charge in [-0.2, -0.15) is 0 Å². The summed E-state index contributed by atoms with van der Waals surface area (Å²) in [6.45, 7) is 2.47. The lowest BCUT2D eigenvalue weighted by molar-refractivity contribution is 0.548. The number of hydrogen-bond acceptors (Lipinski definition) is 4. The molecule has 0 bridgehead atoms. The first-order valence-electron chi connectivity index (χ1n) is 4.05. The quantitative estimate of drug-likeness (QED) is 0.215. The van der Waals surface area contributed by atoms with Gasteiger partial charge >= 0.3 is 0 Å². The molecule has 0 radical (unpaired) electrons. The molecule has 0 aromatic rings. The third-order valence-corrected chi connectivity index (χ3v) is 3.52. The van der Waals surface area contributed by atoms with Crippen molar-refractivity contribution < 1.29 is 8.42 Å². The van der Waals surface area contributed by atoms with Gasteiger partial charge in [0.1, 0.15) is 0 Å². The first-order chi connectivity index (χ1) is 6.07. The standard InChI is InChI=1S/C6H14N4O2S/c1-2-8-6(10-7)9-5-3-13(11,12)4-5/h5H,2-4,7H2,1H3,(H2,8,9,10). The third-order valence-electron chi connectivity index (χ3n) is 1.70. The Labute approximate surface area is 77.5 Å². The smallest absolute Gasteiger partial charge is 0.205 e. The molecule has 0 spiro atoms. The predicted octanol–water partition coefficient (Wildman–Crippen LogP) is -1.79. The number of nitrogens with two attached hydrogens (primary N) is 1. The number of sulfone groups is 1. The van der Waals surface area contributed by atoms with Crippen LogP contribution in [0.3, 0.4) is 0 Å². The lowest BCUT2D eigenvalue weighted by Crippen LogP contribution is -2.57. The van der Waals surface area contributed by atoms with Gasteiger partial charge < -0.3 is 5.32 Å². The van der Waals surface area contributed by atoms with Crippen LogP contribution < -0.4 is 16.6 Å². The van der Waals surface area contributed by atoms with Crippen LogP contribution in [0.2, 0.25) is 0 Å². The topological polar surface area (TPSA) is 96.6 Å². The van der Waals surface area contributed by atoms with Gasteiger partial charge in [0.15, 0.2) is 9.84 Å². The van der Waals surface area contributed by atoms with Crippen LogP contribution in [0.15, 0.2) is 4.99 Å². The van der Waals surface area contributed by atoms with Gasteiger partial charge in [0.2, 0.25) is 5.96 Å². The molecular formula is C6H14N4O2S. The number of guanidine groups is 1. The van der Waals surface area contributed by atoms with Gasteiger partial charge in [0, 0.05) is 6.54 Å². The van der Waals surface area contributed by atoms with Crippen LogP contribution in [-0.2, 0) is 9.84 Å². The van der Waals surface area contributed by atoms with E-state index in [1.165, 1.54) is 0 Å². The number of nitrogens with zero attached hydrogens (tertiary/aromatic N) is 1. The summed E-state index contributed by atoms with van der Waals surface area (Å²) in [5.74, 6) is 5.94. The summed E-state index contributed by atoms with van der Waals surface area (Å²) in [5.41, 5.74) is 2.37. The minimum absolute atomic E-state index is 0.0497. The predicted molar refractivity (Wildman–Crippen MR) is 50.9 cm³/mol. The van der Waals surface area contributed by atoms with E-state index in [1.54, 1.807) is 0 Å². The van der Waals surface area contributed by atoms with Crippen molar-refractivity contribution in [1.29, 1.82) is 0 Å². The minimum atomic E-state index is -2.79. The zero-order valence-corrected chi connectivity index (χ0v) is 8.26. The van der Waals surface area contributed by atoms with E-state index in [2.05, 4.69) is 15.7 Å². The molecule has 0 unspecified atom stereocenters. The number of rotatable bonds is 2. The Morgan fingerprint density at radius 3 is 2.62 bits per heavy atom. The molecule has 0 aliphatic carbocycles. The van der Waals surface area contributed by atoms with Crippen LogP contribution in [-0.4, -0.2) is 38.5 Å². The van der Waals surface area contributed by atoms with E-state index in [0.29, 0.717) is 12.5 Å². The summed E-state index contributed by atoms with van der Waals surface area (Å²) < 4.78 is 21.6. The molecule has 0 aromatic heterocycles. The van der Waals surface area contributed by atoms with Crippen molar-refractivity contribution in [2.24, 2.45) is 10.8 Å². The average Bonchev–Trinajstić information content (AvgIpc) is 2.00. The molecule has 0 amide bonds. The molecule has 7 heteroatoms. The zero-order valence-electron chi connectivity index (χ0n) is 7.45. The highest BCUT2D eigenvalue weighted by Crippen LogP contribution is 2.09. The van der Waals surface area contributed by atoms with Crippen molar-refractivity contribution in [3.05, 3.63) is 0 Å². The second kappa shape index (κ2) is 3.93. The van der Waals surface area contributed by atoms with E-state index in [-0.39, 0.29) is 17.5 Å². The van der Waals surface area contributed by atoms with Crippen LogP contribution in [0.4, 0.5) is 0 Å². The minimum Gasteiger partial charge on any atom is -0.351 e. The van der Waals surface area contributed by atoms with Crippen LogP contribution in [0.5, 0.6) is 0 Å². The molecule has 13 heavy (non-hydrogen) atoms. The highest BCUT2D eigenvalue weighted by Gasteiger charge is 2.33. The van der Waals surface area contributed by atoms with Gasteiger partial charge in [-0.25, -0.2) is 14.3 Å². The Morgan fingerprint density at radius 2 is 2.23 bits per heavy atom. The number of aliphatic imine (C=N–C) groups is 1. The Morgan fingerprint density at radius 1 is 1.62 bits per heavy atom. The van der Waals surface area contributed by atoms with Gasteiger partial charge in [-0.3, -0.25) is 10.4 Å². The van der Waals surface area contributed by atoms with Crippen molar-refractivity contribution in [3.63, 3.8) is 0 Å². The van der Waals surface area contributed by atoms with Crippen LogP contribution in [0.25, 0.3) is 0 Å². The molecule has 0 aromatic carbocycles. The molecule has 4 N–H and O–H groups in total. The number of hydrazine groups is 1. The van der Waals surface area contributed by atoms with Crippen molar-refractivity contribution in [3.8, 4) is 0 Å². The maximum Gasteiger partial charge on any atom is 0.205 e. The van der Waals surface area contributed by atoms with Crippen molar-refractivity contribution in [2.75, 3.05) is 18.1 Å². The highest BCUT2D eigenvalue weighted by molar-refractivity contribution is 7.92. The first kappa shape index (κ1) is 10.3. The van der Waals surface area contributed by atoms with Gasteiger partial charge in [0.05, 0.1) is 17.5 Å². The molecule has 0 atom stereocenters. The summed E-state index contributed by atoms with van der Waals surface area (Å²) >= 11 is 0. The fourth-order valence-corrected chi connectivity index (χ4v) is 2.43. The first-order valence-corrected chi connectivity index (χ1v) is 5.87. The molecule has 1 aliphatic heterocycles. The zero-order chi connectivity index (χ0) is 9.90. The molecule has 0 saturated carbocycles. The van der Waals surface area contributed by atoms with Gasteiger partial charge in [0.25, 0.3) is 0 Å². The fourth-order valence-electron chi connectivity index (χ4n) is 1.13. The van der Waals surface area contributed by atoms with E-state index < -0.39 is 9.84 Å². The van der Waals surface area contributed by atoms with E-state index in [1.807, 2.05) is 6.92 Å². The maximum absolute atomic E-state index is 10.8. The fraction of sp³-hybridized carbons (Fsp3) is 0.833. The van der Waals surface area contributed by atoms with Crippen molar-refractivity contribution >= 4 is 15.8 Å². The van der Waals surface area contributed by atoms with E-state index in [4.69, 9.17) is 5.84 Å². The van der Waals surface area contributed by atoms with E-state index in [9.17, 15) is 8.42 Å². The Bertz CT molecular complexity index is 286. The summed E-state index contributed by atoms with van der Waals surface area (Å²) in [4.78, 5) is 3.99. The molecule has 1 rings (SSSR count). The van der Waals surface area contributed by atoms with Crippen LogP contribution in [0.1, 0.15) is 6.92 Å². The Hall–Kier alpha value is -0.820. The highest BCUT2D eigenvalue weighted by atomic mass is 32.2. The molecule has 1 saturated heterocycles. The molecule has 1 fully saturated rings. The second-order valence-electron chi connectivity index (χ2n) is 2.89. The third kappa shape index (κ3) is 2.85. The van der Waals surface area contributed by atoms with Crippen molar-refractivity contribution in [2.45, 2.75) is 13.0 Å². The summed E-state index contributed by atoms with van der Waals surface area (Å²) in [6.07, 6.45) is 0. The lowest BCUT2D eigenvalue weighted by atomic mass is 10.4. The monoisotopic (exact) mass is 206 g/mol. The van der Waals surface area contributed by atoms with Gasteiger partial charge in [-0.05, 0) is 6.92 Å². The largest absolute Gasteiger partial charge is 0.351 e. The SMILES string of the molecule is CCN=C(NN)NC1CS(=O)(=O)C1. The molecule has 6 nitrogen and oxygen atoms in total. The van der Waals surface area contributed by atoms with Gasteiger partial charge in [-0.1, -0.05) is 0 Å². The summed E-state index contributed by atoms with van der Waals surface area (Å²) in [6, 6.07) is -0.0497. The van der Waals surface area contributed by atoms with Crippen LogP contribution >= 0.6 is 0 Å². The Balaban J connectivity index is 2.38. The number of hydrogen-bond donors (Lipinski definition) is 3. The molecule has 1 aliphatic rings. The average molecular weight is 206 g/mol.